The summed E-state index contributed by atoms with van der Waals surface area (Å²) in [6.07, 6.45) is 1.63. The lowest BCUT2D eigenvalue weighted by Gasteiger charge is -2.02. The molecule has 4 nitrogen and oxygen atoms in total. The topological polar surface area (TPSA) is 76.2 Å². The van der Waals surface area contributed by atoms with Gasteiger partial charge < -0.3 is 10.8 Å². The van der Waals surface area contributed by atoms with Gasteiger partial charge in [0.25, 0.3) is 0 Å². The van der Waals surface area contributed by atoms with Crippen molar-refractivity contribution < 1.29 is 9.90 Å². The third-order valence-electron chi connectivity index (χ3n) is 1.35. The van der Waals surface area contributed by atoms with E-state index in [1.165, 1.54) is 11.3 Å². The number of carboxylic acid groups (broad SMARTS) is 1. The molecule has 0 spiro atoms. The summed E-state index contributed by atoms with van der Waals surface area (Å²) in [4.78, 5) is 15.3. The second-order valence-corrected chi connectivity index (χ2v) is 3.78. The van der Waals surface area contributed by atoms with Crippen LogP contribution < -0.4 is 5.73 Å². The lowest BCUT2D eigenvalue weighted by atomic mass is 10.2. The summed E-state index contributed by atoms with van der Waals surface area (Å²) in [6.45, 7) is 1.91. The quantitative estimate of drug-likeness (QED) is 0.736. The largest absolute Gasteiger partial charge is 0.481 e. The fourth-order valence-electron chi connectivity index (χ4n) is 0.819. The van der Waals surface area contributed by atoms with Crippen LogP contribution in [0.1, 0.15) is 22.3 Å². The summed E-state index contributed by atoms with van der Waals surface area (Å²) in [5.41, 5.74) is 5.58. The van der Waals surface area contributed by atoms with E-state index in [9.17, 15) is 4.79 Å². The van der Waals surface area contributed by atoms with Crippen molar-refractivity contribution in [2.24, 2.45) is 5.73 Å². The second-order valence-electron chi connectivity index (χ2n) is 2.51. The molecular formula is C7H10N2O2S. The monoisotopic (exact) mass is 186 g/mol. The van der Waals surface area contributed by atoms with Crippen LogP contribution in [0.15, 0.2) is 6.20 Å². The highest BCUT2D eigenvalue weighted by Gasteiger charge is 2.13. The molecule has 66 valence electrons. The van der Waals surface area contributed by atoms with Crippen molar-refractivity contribution in [3.05, 3.63) is 16.1 Å². The van der Waals surface area contributed by atoms with Crippen LogP contribution >= 0.6 is 11.3 Å². The predicted molar refractivity (Wildman–Crippen MR) is 46.0 cm³/mol. The SMILES string of the molecule is Cc1cnc([C@@H](N)CC(=O)O)s1. The first-order chi connectivity index (χ1) is 5.59. The Bertz CT molecular complexity index is 285. The average Bonchev–Trinajstić information content (AvgIpc) is 2.34. The van der Waals surface area contributed by atoms with Crippen LogP contribution in [0.5, 0.6) is 0 Å². The minimum atomic E-state index is -0.893. The fraction of sp³-hybridized carbons (Fsp3) is 0.429. The van der Waals surface area contributed by atoms with E-state index < -0.39 is 12.0 Å². The number of carboxylic acids is 1. The highest BCUT2D eigenvalue weighted by atomic mass is 32.1. The molecule has 0 saturated carbocycles. The molecule has 3 N–H and O–H groups in total. The zero-order valence-corrected chi connectivity index (χ0v) is 7.47. The molecular weight excluding hydrogens is 176 g/mol. The van der Waals surface area contributed by atoms with Crippen molar-refractivity contribution in [3.8, 4) is 0 Å². The number of thiazole rings is 1. The van der Waals surface area contributed by atoms with Crippen molar-refractivity contribution in [3.63, 3.8) is 0 Å². The molecule has 0 aliphatic carbocycles. The zero-order chi connectivity index (χ0) is 9.14. The molecule has 12 heavy (non-hydrogen) atoms. The van der Waals surface area contributed by atoms with Crippen LogP contribution in [0.3, 0.4) is 0 Å². The van der Waals surface area contributed by atoms with Gasteiger partial charge in [0.05, 0.1) is 12.5 Å². The van der Waals surface area contributed by atoms with Gasteiger partial charge in [-0.15, -0.1) is 11.3 Å². The lowest BCUT2D eigenvalue weighted by Crippen LogP contribution is -2.14. The fourth-order valence-corrected chi connectivity index (χ4v) is 1.59. The third kappa shape index (κ3) is 2.28. The average molecular weight is 186 g/mol. The molecule has 1 aromatic heterocycles. The van der Waals surface area contributed by atoms with E-state index in [4.69, 9.17) is 10.8 Å². The van der Waals surface area contributed by atoms with E-state index in [0.717, 1.165) is 4.88 Å². The van der Waals surface area contributed by atoms with Crippen LogP contribution in [-0.2, 0) is 4.79 Å². The van der Waals surface area contributed by atoms with Gasteiger partial charge in [0.2, 0.25) is 0 Å². The highest BCUT2D eigenvalue weighted by molar-refractivity contribution is 7.11. The number of aliphatic carboxylic acids is 1. The van der Waals surface area contributed by atoms with E-state index in [1.807, 2.05) is 6.92 Å². The van der Waals surface area contributed by atoms with Crippen LogP contribution in [0.4, 0.5) is 0 Å². The first-order valence-corrected chi connectivity index (χ1v) is 4.31. The van der Waals surface area contributed by atoms with Gasteiger partial charge in [-0.2, -0.15) is 0 Å². The maximum absolute atomic E-state index is 10.3. The molecule has 1 aromatic rings. The van der Waals surface area contributed by atoms with E-state index in [0.29, 0.717) is 5.01 Å². The molecule has 1 heterocycles. The van der Waals surface area contributed by atoms with Gasteiger partial charge in [-0.05, 0) is 6.92 Å². The second kappa shape index (κ2) is 3.64. The summed E-state index contributed by atoms with van der Waals surface area (Å²) in [5, 5.41) is 9.14. The van der Waals surface area contributed by atoms with Crippen molar-refractivity contribution in [1.29, 1.82) is 0 Å². The number of aromatic nitrogens is 1. The molecule has 0 amide bonds. The smallest absolute Gasteiger partial charge is 0.305 e. The molecule has 0 fully saturated rings. The van der Waals surface area contributed by atoms with E-state index in [2.05, 4.69) is 4.98 Å². The van der Waals surface area contributed by atoms with Crippen molar-refractivity contribution in [2.45, 2.75) is 19.4 Å². The Labute approximate surface area is 74.0 Å². The first kappa shape index (κ1) is 9.15. The molecule has 1 rings (SSSR count). The van der Waals surface area contributed by atoms with Gasteiger partial charge in [0.1, 0.15) is 5.01 Å². The molecule has 0 radical (unpaired) electrons. The molecule has 0 saturated heterocycles. The summed E-state index contributed by atoms with van der Waals surface area (Å²) >= 11 is 1.44. The lowest BCUT2D eigenvalue weighted by molar-refractivity contribution is -0.137. The van der Waals surface area contributed by atoms with Gasteiger partial charge in [0, 0.05) is 11.1 Å². The number of nitrogens with zero attached hydrogens (tertiary/aromatic N) is 1. The Hall–Kier alpha value is -0.940. The van der Waals surface area contributed by atoms with E-state index >= 15 is 0 Å². The predicted octanol–water partition coefficient (Wildman–Crippen LogP) is 0.926. The first-order valence-electron chi connectivity index (χ1n) is 3.49. The number of hydrogen-bond donors (Lipinski definition) is 2. The van der Waals surface area contributed by atoms with Gasteiger partial charge in [0.15, 0.2) is 0 Å². The van der Waals surface area contributed by atoms with Gasteiger partial charge in [-0.1, -0.05) is 0 Å². The summed E-state index contributed by atoms with van der Waals surface area (Å²) < 4.78 is 0. The summed E-state index contributed by atoms with van der Waals surface area (Å²) in [5.74, 6) is -0.893. The summed E-state index contributed by atoms with van der Waals surface area (Å²) in [7, 11) is 0. The third-order valence-corrected chi connectivity index (χ3v) is 2.40. The van der Waals surface area contributed by atoms with E-state index in [-0.39, 0.29) is 6.42 Å². The van der Waals surface area contributed by atoms with Gasteiger partial charge in [-0.25, -0.2) is 4.98 Å². The Morgan fingerprint density at radius 2 is 2.58 bits per heavy atom. The van der Waals surface area contributed by atoms with E-state index in [1.54, 1.807) is 6.20 Å². The Kier molecular flexibility index (Phi) is 2.78. The minimum absolute atomic E-state index is 0.0625. The molecule has 0 aliphatic heterocycles. The minimum Gasteiger partial charge on any atom is -0.481 e. The molecule has 5 heteroatoms. The number of rotatable bonds is 3. The number of carbonyl (C=O) groups is 1. The standard InChI is InChI=1S/C7H10N2O2S/c1-4-3-9-7(12-4)5(8)2-6(10)11/h3,5H,2,8H2,1H3,(H,10,11)/t5-/m0/s1. The van der Waals surface area contributed by atoms with Crippen molar-refractivity contribution in [1.82, 2.24) is 4.98 Å². The van der Waals surface area contributed by atoms with Gasteiger partial charge >= 0.3 is 5.97 Å². The molecule has 1 atom stereocenters. The molecule has 0 aliphatic rings. The van der Waals surface area contributed by atoms with Crippen LogP contribution in [0.2, 0.25) is 0 Å². The van der Waals surface area contributed by atoms with Crippen LogP contribution in [-0.4, -0.2) is 16.1 Å². The van der Waals surface area contributed by atoms with Crippen molar-refractivity contribution in [2.75, 3.05) is 0 Å². The van der Waals surface area contributed by atoms with Crippen LogP contribution in [0, 0.1) is 6.92 Å². The Balaban J connectivity index is 2.64. The van der Waals surface area contributed by atoms with Crippen LogP contribution in [0.25, 0.3) is 0 Å². The Morgan fingerprint density at radius 1 is 1.92 bits per heavy atom. The normalized spacial score (nSPS) is 12.8. The number of aryl methyl sites for hydroxylation is 1. The highest BCUT2D eigenvalue weighted by Crippen LogP contribution is 2.19. The number of hydrogen-bond acceptors (Lipinski definition) is 4. The summed E-state index contributed by atoms with van der Waals surface area (Å²) in [6, 6.07) is -0.471. The maximum Gasteiger partial charge on any atom is 0.305 e. The molecule has 0 bridgehead atoms. The maximum atomic E-state index is 10.3. The van der Waals surface area contributed by atoms with Crippen molar-refractivity contribution >= 4 is 17.3 Å². The number of nitrogens with two attached hydrogens (primary N) is 1. The Morgan fingerprint density at radius 3 is 3.00 bits per heavy atom. The zero-order valence-electron chi connectivity index (χ0n) is 6.65. The van der Waals surface area contributed by atoms with Gasteiger partial charge in [-0.3, -0.25) is 4.79 Å². The molecule has 0 unspecified atom stereocenters. The molecule has 0 aromatic carbocycles.